The number of hydrogen-bond acceptors (Lipinski definition) is 7. The highest BCUT2D eigenvalue weighted by atomic mass is 16.5. The van der Waals surface area contributed by atoms with Gasteiger partial charge in [-0.05, 0) is 37.1 Å². The number of pyridine rings is 2. The van der Waals surface area contributed by atoms with Crippen LogP contribution in [0, 0.1) is 11.3 Å². The second-order valence-corrected chi connectivity index (χ2v) is 7.60. The lowest BCUT2D eigenvalue weighted by Gasteiger charge is -2.45. The number of nitriles is 1. The van der Waals surface area contributed by atoms with Crippen molar-refractivity contribution in [2.75, 3.05) is 12.8 Å². The molecule has 0 atom stereocenters. The second-order valence-electron chi connectivity index (χ2n) is 7.60. The van der Waals surface area contributed by atoms with Crippen LogP contribution >= 0.6 is 0 Å². The summed E-state index contributed by atoms with van der Waals surface area (Å²) in [6.45, 7) is 0. The lowest BCUT2D eigenvalue weighted by molar-refractivity contribution is -0.0541. The molecule has 0 bridgehead atoms. The number of anilines is 1. The van der Waals surface area contributed by atoms with Crippen LogP contribution < -0.4 is 5.73 Å². The summed E-state index contributed by atoms with van der Waals surface area (Å²) in [7, 11) is 1.70. The van der Waals surface area contributed by atoms with Gasteiger partial charge in [0, 0.05) is 31.0 Å². The standard InChI is InChI=1S/C21H20N8O/c1-30-13-11-21(12-13,5-6-22)29-8-4-15(28-29)20-14-3-2-7-24-16(14)9-17(25-20)18-10-19(23)27-26-18/h2-4,7-10,13H,5,11-12H2,1H3,(H3,23,26,27). The highest BCUT2D eigenvalue weighted by Gasteiger charge is 2.47. The summed E-state index contributed by atoms with van der Waals surface area (Å²) in [4.78, 5) is 9.33. The summed E-state index contributed by atoms with van der Waals surface area (Å²) < 4.78 is 7.33. The molecule has 1 fully saturated rings. The Labute approximate surface area is 172 Å². The number of aromatic nitrogens is 6. The molecule has 0 aliphatic heterocycles. The molecule has 4 heterocycles. The van der Waals surface area contributed by atoms with E-state index < -0.39 is 0 Å². The Morgan fingerprint density at radius 1 is 1.33 bits per heavy atom. The predicted molar refractivity (Wildman–Crippen MR) is 111 cm³/mol. The third kappa shape index (κ3) is 2.89. The minimum Gasteiger partial charge on any atom is -0.382 e. The minimum absolute atomic E-state index is 0.156. The smallest absolute Gasteiger partial charge is 0.145 e. The first kappa shape index (κ1) is 18.3. The van der Waals surface area contributed by atoms with E-state index in [-0.39, 0.29) is 11.6 Å². The fourth-order valence-electron chi connectivity index (χ4n) is 4.11. The monoisotopic (exact) mass is 400 g/mol. The molecule has 4 aromatic rings. The van der Waals surface area contributed by atoms with E-state index in [1.807, 2.05) is 35.1 Å². The van der Waals surface area contributed by atoms with Crippen molar-refractivity contribution >= 4 is 16.7 Å². The van der Waals surface area contributed by atoms with Crippen molar-refractivity contribution in [1.82, 2.24) is 29.9 Å². The van der Waals surface area contributed by atoms with E-state index in [9.17, 15) is 5.26 Å². The first-order valence-electron chi connectivity index (χ1n) is 9.65. The molecule has 0 saturated heterocycles. The normalized spacial score (nSPS) is 20.7. The molecular weight excluding hydrogens is 380 g/mol. The van der Waals surface area contributed by atoms with Gasteiger partial charge in [0.2, 0.25) is 0 Å². The van der Waals surface area contributed by atoms with Gasteiger partial charge in [-0.2, -0.15) is 15.5 Å². The summed E-state index contributed by atoms with van der Waals surface area (Å²) in [5.74, 6) is 0.398. The van der Waals surface area contributed by atoms with E-state index in [2.05, 4.69) is 21.3 Å². The summed E-state index contributed by atoms with van der Waals surface area (Å²) >= 11 is 0. The number of hydrogen-bond donors (Lipinski definition) is 2. The number of nitrogens with one attached hydrogen (secondary N) is 1. The van der Waals surface area contributed by atoms with Crippen molar-refractivity contribution in [1.29, 1.82) is 5.26 Å². The fourth-order valence-corrected chi connectivity index (χ4v) is 4.11. The first-order valence-corrected chi connectivity index (χ1v) is 9.65. The van der Waals surface area contributed by atoms with Crippen molar-refractivity contribution in [2.45, 2.75) is 30.9 Å². The largest absolute Gasteiger partial charge is 0.382 e. The van der Waals surface area contributed by atoms with Crippen molar-refractivity contribution in [3.63, 3.8) is 0 Å². The molecule has 1 saturated carbocycles. The van der Waals surface area contributed by atoms with Gasteiger partial charge in [0.1, 0.15) is 17.2 Å². The molecule has 0 spiro atoms. The molecule has 0 amide bonds. The van der Waals surface area contributed by atoms with Gasteiger partial charge < -0.3 is 10.5 Å². The Bertz CT molecular complexity index is 1260. The van der Waals surface area contributed by atoms with Crippen LogP contribution in [0.4, 0.5) is 5.82 Å². The van der Waals surface area contributed by atoms with E-state index in [1.165, 1.54) is 0 Å². The van der Waals surface area contributed by atoms with Crippen LogP contribution in [0.15, 0.2) is 42.7 Å². The molecule has 3 N–H and O–H groups in total. The van der Waals surface area contributed by atoms with Crippen LogP contribution in [0.5, 0.6) is 0 Å². The lowest BCUT2D eigenvalue weighted by Crippen LogP contribution is -2.50. The average molecular weight is 400 g/mol. The van der Waals surface area contributed by atoms with Gasteiger partial charge in [0.15, 0.2) is 0 Å². The topological polar surface area (TPSA) is 131 Å². The highest BCUT2D eigenvalue weighted by Crippen LogP contribution is 2.43. The molecule has 0 unspecified atom stereocenters. The average Bonchev–Trinajstić information content (AvgIpc) is 3.39. The van der Waals surface area contributed by atoms with Crippen LogP contribution in [0.1, 0.15) is 19.3 Å². The molecule has 9 nitrogen and oxygen atoms in total. The predicted octanol–water partition coefficient (Wildman–Crippen LogP) is 2.88. The molecule has 4 aromatic heterocycles. The second kappa shape index (κ2) is 6.93. The van der Waals surface area contributed by atoms with E-state index in [0.29, 0.717) is 23.6 Å². The zero-order valence-corrected chi connectivity index (χ0v) is 16.4. The Morgan fingerprint density at radius 3 is 2.93 bits per heavy atom. The van der Waals surface area contributed by atoms with Crippen molar-refractivity contribution in [3.8, 4) is 28.8 Å². The Balaban J connectivity index is 1.61. The molecule has 30 heavy (non-hydrogen) atoms. The van der Waals surface area contributed by atoms with E-state index in [4.69, 9.17) is 20.6 Å². The Morgan fingerprint density at radius 2 is 2.20 bits per heavy atom. The quantitative estimate of drug-likeness (QED) is 0.526. The zero-order chi connectivity index (χ0) is 20.7. The molecule has 1 aliphatic carbocycles. The minimum atomic E-state index is -0.336. The van der Waals surface area contributed by atoms with Gasteiger partial charge in [0.05, 0.1) is 41.0 Å². The Kier molecular flexibility index (Phi) is 4.22. The van der Waals surface area contributed by atoms with Gasteiger partial charge in [-0.1, -0.05) is 0 Å². The van der Waals surface area contributed by atoms with E-state index in [1.54, 1.807) is 19.4 Å². The lowest BCUT2D eigenvalue weighted by atomic mass is 9.72. The zero-order valence-electron chi connectivity index (χ0n) is 16.4. The molecule has 9 heteroatoms. The third-order valence-corrected chi connectivity index (χ3v) is 5.75. The van der Waals surface area contributed by atoms with Crippen molar-refractivity contribution < 1.29 is 4.74 Å². The first-order chi connectivity index (χ1) is 14.6. The van der Waals surface area contributed by atoms with Gasteiger partial charge in [-0.3, -0.25) is 14.8 Å². The fraction of sp³-hybridized carbons (Fsp3) is 0.286. The molecule has 0 aromatic carbocycles. The van der Waals surface area contributed by atoms with Gasteiger partial charge in [-0.25, -0.2) is 4.98 Å². The van der Waals surface area contributed by atoms with Crippen LogP contribution in [-0.4, -0.2) is 43.2 Å². The molecule has 150 valence electrons. The van der Waals surface area contributed by atoms with E-state index in [0.717, 1.165) is 35.1 Å². The maximum Gasteiger partial charge on any atom is 0.145 e. The molecule has 0 radical (unpaired) electrons. The number of nitrogen functional groups attached to an aromatic ring is 1. The van der Waals surface area contributed by atoms with Crippen LogP contribution in [0.3, 0.4) is 0 Å². The number of rotatable bonds is 5. The Hall–Kier alpha value is -3.77. The number of aromatic amines is 1. The maximum atomic E-state index is 9.34. The number of nitrogens with zero attached hydrogens (tertiary/aromatic N) is 6. The molecular formula is C21H20N8O. The van der Waals surface area contributed by atoms with Crippen LogP contribution in [0.25, 0.3) is 33.7 Å². The maximum absolute atomic E-state index is 9.34. The highest BCUT2D eigenvalue weighted by molar-refractivity contribution is 5.93. The number of H-pyrrole nitrogens is 1. The van der Waals surface area contributed by atoms with Crippen molar-refractivity contribution in [3.05, 3.63) is 42.7 Å². The van der Waals surface area contributed by atoms with E-state index >= 15 is 0 Å². The molecule has 1 aliphatic rings. The van der Waals surface area contributed by atoms with Crippen molar-refractivity contribution in [2.24, 2.45) is 0 Å². The number of nitrogens with two attached hydrogens (primary N) is 1. The summed E-state index contributed by atoms with van der Waals surface area (Å²) in [6.07, 6.45) is 5.74. The number of fused-ring (bicyclic) bond motifs is 1. The summed E-state index contributed by atoms with van der Waals surface area (Å²) in [6, 6.07) is 11.7. The van der Waals surface area contributed by atoms with Gasteiger partial charge in [-0.15, -0.1) is 0 Å². The third-order valence-electron chi connectivity index (χ3n) is 5.75. The number of methoxy groups -OCH3 is 1. The van der Waals surface area contributed by atoms with Crippen LogP contribution in [-0.2, 0) is 10.3 Å². The van der Waals surface area contributed by atoms with Crippen LogP contribution in [0.2, 0.25) is 0 Å². The number of ether oxygens (including phenoxy) is 1. The summed E-state index contributed by atoms with van der Waals surface area (Å²) in [5.41, 5.74) is 9.07. The van der Waals surface area contributed by atoms with Gasteiger partial charge >= 0.3 is 0 Å². The summed E-state index contributed by atoms with van der Waals surface area (Å²) in [5, 5.41) is 22.0. The molecule has 5 rings (SSSR count). The van der Waals surface area contributed by atoms with Gasteiger partial charge in [0.25, 0.3) is 0 Å². The SMILES string of the molecule is COC1CC(CC#N)(n2ccc(-c3nc(-c4cc(N)n[nH]4)cc4ncccc34)n2)C1.